The second kappa shape index (κ2) is 5.30. The van der Waals surface area contributed by atoms with Gasteiger partial charge in [-0.05, 0) is 35.4 Å². The molecule has 0 bridgehead atoms. The fraction of sp³-hybridized carbons (Fsp3) is 0.333. The second-order valence-corrected chi connectivity index (χ2v) is 6.02. The van der Waals surface area contributed by atoms with Crippen molar-refractivity contribution in [3.05, 3.63) is 59.7 Å². The van der Waals surface area contributed by atoms with E-state index in [1.165, 1.54) is 0 Å². The minimum atomic E-state index is 0.0210. The van der Waals surface area contributed by atoms with Crippen molar-refractivity contribution in [2.75, 3.05) is 13.2 Å². The number of ether oxygens (including phenoxy) is 2. The van der Waals surface area contributed by atoms with Crippen LogP contribution in [0.25, 0.3) is 0 Å². The summed E-state index contributed by atoms with van der Waals surface area (Å²) >= 11 is 0. The highest BCUT2D eigenvalue weighted by atomic mass is 16.5. The van der Waals surface area contributed by atoms with Crippen molar-refractivity contribution in [3.8, 4) is 11.5 Å². The van der Waals surface area contributed by atoms with E-state index in [1.807, 2.05) is 24.3 Å². The van der Waals surface area contributed by atoms with Gasteiger partial charge in [0, 0.05) is 11.8 Å². The van der Waals surface area contributed by atoms with Crippen LogP contribution in [0.15, 0.2) is 48.5 Å². The molecule has 4 nitrogen and oxygen atoms in total. The molecule has 114 valence electrons. The molecule has 4 heteroatoms. The average molecular weight is 298 g/mol. The van der Waals surface area contributed by atoms with E-state index in [0.29, 0.717) is 25.0 Å². The van der Waals surface area contributed by atoms with E-state index in [4.69, 9.17) is 9.47 Å². The predicted molar refractivity (Wildman–Crippen MR) is 80.6 cm³/mol. The molecule has 2 aliphatic heterocycles. The standard InChI is InChI=1S/C18H18O4/c19-13-5-1-11(2-6-13)17-15-9-22-18(16(15)10-21-17)12-3-7-14(20)8-4-12/h1-8,15-20H,9-10H2/t15-,16-,17+,18+/m1/s1. The van der Waals surface area contributed by atoms with Crippen molar-refractivity contribution < 1.29 is 19.7 Å². The lowest BCUT2D eigenvalue weighted by molar-refractivity contribution is 0.0193. The Bertz CT molecular complexity index is 590. The molecule has 2 saturated heterocycles. The van der Waals surface area contributed by atoms with Gasteiger partial charge in [0.2, 0.25) is 0 Å². The van der Waals surface area contributed by atoms with Gasteiger partial charge in [0.15, 0.2) is 0 Å². The molecule has 0 aliphatic carbocycles. The van der Waals surface area contributed by atoms with Crippen molar-refractivity contribution in [1.82, 2.24) is 0 Å². The summed E-state index contributed by atoms with van der Waals surface area (Å²) in [5, 5.41) is 18.8. The highest BCUT2D eigenvalue weighted by Crippen LogP contribution is 2.50. The normalized spacial score (nSPS) is 30.4. The van der Waals surface area contributed by atoms with Crippen LogP contribution < -0.4 is 0 Å². The largest absolute Gasteiger partial charge is 0.508 e. The summed E-state index contributed by atoms with van der Waals surface area (Å²) < 4.78 is 12.0. The molecule has 0 unspecified atom stereocenters. The third-order valence-electron chi connectivity index (χ3n) is 4.71. The first-order chi connectivity index (χ1) is 10.7. The van der Waals surface area contributed by atoms with E-state index in [1.54, 1.807) is 24.3 Å². The quantitative estimate of drug-likeness (QED) is 0.894. The van der Waals surface area contributed by atoms with Crippen LogP contribution in [0.3, 0.4) is 0 Å². The summed E-state index contributed by atoms with van der Waals surface area (Å²) in [7, 11) is 0. The van der Waals surface area contributed by atoms with Crippen molar-refractivity contribution in [2.45, 2.75) is 12.2 Å². The zero-order valence-electron chi connectivity index (χ0n) is 12.1. The van der Waals surface area contributed by atoms with Gasteiger partial charge >= 0.3 is 0 Å². The summed E-state index contributed by atoms with van der Waals surface area (Å²) in [6.07, 6.45) is 0.0421. The number of fused-ring (bicyclic) bond motifs is 1. The van der Waals surface area contributed by atoms with Gasteiger partial charge in [-0.3, -0.25) is 0 Å². The molecule has 4 atom stereocenters. The minimum absolute atomic E-state index is 0.0210. The SMILES string of the molecule is Oc1ccc([C@@H]2OC[C@@H]3[C@H]2CO[C@H]3c2ccc(O)cc2)cc1. The lowest BCUT2D eigenvalue weighted by atomic mass is 9.85. The van der Waals surface area contributed by atoms with Gasteiger partial charge in [0.05, 0.1) is 25.4 Å². The Morgan fingerprint density at radius 1 is 0.636 bits per heavy atom. The van der Waals surface area contributed by atoms with E-state index in [9.17, 15) is 10.2 Å². The Hall–Kier alpha value is -2.04. The van der Waals surface area contributed by atoms with Gasteiger partial charge in [0.25, 0.3) is 0 Å². The molecule has 22 heavy (non-hydrogen) atoms. The van der Waals surface area contributed by atoms with Gasteiger partial charge in [-0.1, -0.05) is 24.3 Å². The van der Waals surface area contributed by atoms with Gasteiger partial charge < -0.3 is 19.7 Å². The smallest absolute Gasteiger partial charge is 0.115 e. The molecular formula is C18H18O4. The summed E-state index contributed by atoms with van der Waals surface area (Å²) in [5.41, 5.74) is 2.17. The van der Waals surface area contributed by atoms with Crippen molar-refractivity contribution in [1.29, 1.82) is 0 Å². The van der Waals surface area contributed by atoms with Crippen LogP contribution in [0, 0.1) is 11.8 Å². The number of hydrogen-bond donors (Lipinski definition) is 2. The topological polar surface area (TPSA) is 58.9 Å². The van der Waals surface area contributed by atoms with Crippen LogP contribution >= 0.6 is 0 Å². The Balaban J connectivity index is 1.56. The number of phenols is 2. The Morgan fingerprint density at radius 2 is 1.00 bits per heavy atom. The van der Waals surface area contributed by atoms with E-state index in [2.05, 4.69) is 0 Å². The summed E-state index contributed by atoms with van der Waals surface area (Å²) in [6, 6.07) is 14.4. The monoisotopic (exact) mass is 298 g/mol. The van der Waals surface area contributed by atoms with Gasteiger partial charge in [-0.2, -0.15) is 0 Å². The van der Waals surface area contributed by atoms with Crippen LogP contribution in [-0.2, 0) is 9.47 Å². The van der Waals surface area contributed by atoms with E-state index in [0.717, 1.165) is 11.1 Å². The lowest BCUT2D eigenvalue weighted by Crippen LogP contribution is -2.14. The first-order valence-corrected chi connectivity index (χ1v) is 7.53. The number of benzene rings is 2. The molecule has 2 aromatic rings. The third-order valence-corrected chi connectivity index (χ3v) is 4.71. The van der Waals surface area contributed by atoms with E-state index in [-0.39, 0.29) is 23.7 Å². The first kappa shape index (κ1) is 13.6. The Kier molecular flexibility index (Phi) is 3.28. The van der Waals surface area contributed by atoms with E-state index >= 15 is 0 Å². The second-order valence-electron chi connectivity index (χ2n) is 6.02. The molecule has 4 rings (SSSR count). The maximum Gasteiger partial charge on any atom is 0.115 e. The van der Waals surface area contributed by atoms with E-state index < -0.39 is 0 Å². The molecule has 2 fully saturated rings. The van der Waals surface area contributed by atoms with Crippen LogP contribution in [0.4, 0.5) is 0 Å². The average Bonchev–Trinajstić information content (AvgIpc) is 3.11. The molecule has 2 aromatic carbocycles. The molecule has 0 saturated carbocycles. The molecule has 2 N–H and O–H groups in total. The Labute approximate surface area is 128 Å². The predicted octanol–water partition coefficient (Wildman–Crippen LogP) is 3.17. The molecule has 0 radical (unpaired) electrons. The van der Waals surface area contributed by atoms with Crippen molar-refractivity contribution >= 4 is 0 Å². The zero-order chi connectivity index (χ0) is 15.1. The minimum Gasteiger partial charge on any atom is -0.508 e. The van der Waals surface area contributed by atoms with Crippen LogP contribution in [0.2, 0.25) is 0 Å². The highest BCUT2D eigenvalue weighted by Gasteiger charge is 2.47. The summed E-state index contributed by atoms with van der Waals surface area (Å²) in [6.45, 7) is 1.34. The van der Waals surface area contributed by atoms with Crippen molar-refractivity contribution in [3.63, 3.8) is 0 Å². The number of phenolic OH excluding ortho intramolecular Hbond substituents is 2. The maximum atomic E-state index is 9.41. The van der Waals surface area contributed by atoms with Crippen LogP contribution in [0.1, 0.15) is 23.3 Å². The van der Waals surface area contributed by atoms with Crippen LogP contribution in [-0.4, -0.2) is 23.4 Å². The Morgan fingerprint density at radius 3 is 1.36 bits per heavy atom. The molecule has 0 spiro atoms. The molecule has 2 aliphatic rings. The zero-order valence-corrected chi connectivity index (χ0v) is 12.1. The highest BCUT2D eigenvalue weighted by molar-refractivity contribution is 5.31. The fourth-order valence-electron chi connectivity index (χ4n) is 3.56. The van der Waals surface area contributed by atoms with Gasteiger partial charge in [-0.15, -0.1) is 0 Å². The summed E-state index contributed by atoms with van der Waals surface area (Å²) in [5.74, 6) is 1.18. The molecular weight excluding hydrogens is 280 g/mol. The number of rotatable bonds is 2. The van der Waals surface area contributed by atoms with Crippen molar-refractivity contribution in [2.24, 2.45) is 11.8 Å². The van der Waals surface area contributed by atoms with Crippen LogP contribution in [0.5, 0.6) is 11.5 Å². The first-order valence-electron chi connectivity index (χ1n) is 7.53. The van der Waals surface area contributed by atoms with Gasteiger partial charge in [-0.25, -0.2) is 0 Å². The number of aromatic hydroxyl groups is 2. The maximum absolute atomic E-state index is 9.41. The molecule has 2 heterocycles. The van der Waals surface area contributed by atoms with Gasteiger partial charge in [0.1, 0.15) is 11.5 Å². The molecule has 0 amide bonds. The third kappa shape index (κ3) is 2.25. The molecule has 0 aromatic heterocycles. The summed E-state index contributed by atoms with van der Waals surface area (Å²) in [4.78, 5) is 0. The number of hydrogen-bond acceptors (Lipinski definition) is 4. The lowest BCUT2D eigenvalue weighted by Gasteiger charge is -2.16. The fourth-order valence-corrected chi connectivity index (χ4v) is 3.56.